The quantitative estimate of drug-likeness (QED) is 0.646. The van der Waals surface area contributed by atoms with Crippen molar-refractivity contribution < 1.29 is 9.15 Å². The first kappa shape index (κ1) is 12.6. The van der Waals surface area contributed by atoms with E-state index >= 15 is 0 Å². The summed E-state index contributed by atoms with van der Waals surface area (Å²) in [6.45, 7) is 0. The van der Waals surface area contributed by atoms with E-state index in [1.165, 1.54) is 0 Å². The van der Waals surface area contributed by atoms with Gasteiger partial charge >= 0.3 is 0 Å². The van der Waals surface area contributed by atoms with Crippen molar-refractivity contribution in [2.24, 2.45) is 0 Å². The second kappa shape index (κ2) is 5.28. The van der Waals surface area contributed by atoms with Crippen LogP contribution in [0.2, 0.25) is 0 Å². The highest BCUT2D eigenvalue weighted by atomic mass is 35.5. The molecule has 0 unspecified atom stereocenters. The van der Waals surface area contributed by atoms with Crippen molar-refractivity contribution in [3.05, 3.63) is 59.9 Å². The van der Waals surface area contributed by atoms with E-state index in [4.69, 9.17) is 26.0 Å². The summed E-state index contributed by atoms with van der Waals surface area (Å²) in [6, 6.07) is 16.8. The number of ether oxygens (including phenoxy) is 1. The zero-order chi connectivity index (χ0) is 13.9. The van der Waals surface area contributed by atoms with Crippen molar-refractivity contribution in [1.82, 2.24) is 0 Å². The molecule has 0 aliphatic heterocycles. The summed E-state index contributed by atoms with van der Waals surface area (Å²) < 4.78 is 11.3. The molecule has 0 radical (unpaired) electrons. The zero-order valence-electron chi connectivity index (χ0n) is 10.5. The van der Waals surface area contributed by atoms with Gasteiger partial charge in [-0.25, -0.2) is 0 Å². The lowest BCUT2D eigenvalue weighted by Gasteiger charge is -2.05. The fraction of sp³-hybridized carbons (Fsp3) is 0.0625. The van der Waals surface area contributed by atoms with Crippen LogP contribution >= 0.6 is 11.6 Å². The van der Waals surface area contributed by atoms with Gasteiger partial charge in [-0.15, -0.1) is 11.6 Å². The molecule has 98 valence electrons. The van der Waals surface area contributed by atoms with Gasteiger partial charge < -0.3 is 9.15 Å². The summed E-state index contributed by atoms with van der Waals surface area (Å²) in [5.74, 6) is 1.65. The number of fused-ring (bicyclic) bond motifs is 1. The Balaban J connectivity index is 2.07. The van der Waals surface area contributed by atoms with Gasteiger partial charge in [-0.3, -0.25) is 0 Å². The monoisotopic (exact) mass is 283 g/mol. The zero-order valence-corrected chi connectivity index (χ0v) is 11.2. The summed E-state index contributed by atoms with van der Waals surface area (Å²) in [6.07, 6.45) is 0. The molecular weight excluding hydrogens is 274 g/mol. The topological polar surface area (TPSA) is 46.2 Å². The minimum absolute atomic E-state index is 0.169. The van der Waals surface area contributed by atoms with E-state index in [1.54, 1.807) is 6.07 Å². The van der Waals surface area contributed by atoms with E-state index < -0.39 is 0 Å². The normalized spacial score (nSPS) is 10.4. The lowest BCUT2D eigenvalue weighted by atomic mass is 10.2. The Labute approximate surface area is 121 Å². The molecule has 1 heterocycles. The number of hydrogen-bond acceptors (Lipinski definition) is 3. The molecule has 0 spiro atoms. The highest BCUT2D eigenvalue weighted by Crippen LogP contribution is 2.36. The van der Waals surface area contributed by atoms with Crippen molar-refractivity contribution in [1.29, 1.82) is 5.26 Å². The molecule has 0 saturated carbocycles. The van der Waals surface area contributed by atoms with Crippen LogP contribution in [0.4, 0.5) is 0 Å². The van der Waals surface area contributed by atoms with Crippen molar-refractivity contribution in [3.8, 4) is 17.6 Å². The van der Waals surface area contributed by atoms with Gasteiger partial charge in [0.1, 0.15) is 17.4 Å². The molecule has 2 aromatic carbocycles. The van der Waals surface area contributed by atoms with E-state index in [0.29, 0.717) is 23.0 Å². The number of para-hydroxylation sites is 1. The molecule has 3 aromatic rings. The molecule has 20 heavy (non-hydrogen) atoms. The van der Waals surface area contributed by atoms with Crippen LogP contribution in [0.25, 0.3) is 11.0 Å². The number of alkyl halides is 1. The summed E-state index contributed by atoms with van der Waals surface area (Å²) in [7, 11) is 0. The molecule has 0 fully saturated rings. The van der Waals surface area contributed by atoms with Crippen molar-refractivity contribution >= 4 is 22.6 Å². The molecule has 0 bridgehead atoms. The molecule has 3 rings (SSSR count). The van der Waals surface area contributed by atoms with Gasteiger partial charge in [0.2, 0.25) is 5.76 Å². The number of furan rings is 1. The highest BCUT2D eigenvalue weighted by Gasteiger charge is 2.15. The molecule has 3 nitrogen and oxygen atoms in total. The maximum absolute atomic E-state index is 9.15. The number of rotatable bonds is 3. The van der Waals surface area contributed by atoms with Crippen LogP contribution < -0.4 is 4.74 Å². The Kier molecular flexibility index (Phi) is 3.32. The summed E-state index contributed by atoms with van der Waals surface area (Å²) in [5, 5.41) is 9.93. The Morgan fingerprint density at radius 2 is 2.00 bits per heavy atom. The maximum atomic E-state index is 9.15. The Bertz CT molecular complexity index is 802. The average Bonchev–Trinajstić information content (AvgIpc) is 2.85. The molecule has 0 aliphatic rings. The summed E-state index contributed by atoms with van der Waals surface area (Å²) in [4.78, 5) is 0. The van der Waals surface area contributed by atoms with Gasteiger partial charge in [-0.2, -0.15) is 5.26 Å². The maximum Gasteiger partial charge on any atom is 0.247 e. The first-order valence-electron chi connectivity index (χ1n) is 6.06. The van der Waals surface area contributed by atoms with E-state index in [2.05, 4.69) is 0 Å². The van der Waals surface area contributed by atoms with E-state index in [-0.39, 0.29) is 5.76 Å². The van der Waals surface area contributed by atoms with Gasteiger partial charge in [-0.1, -0.05) is 24.3 Å². The first-order chi connectivity index (χ1) is 9.81. The van der Waals surface area contributed by atoms with Crippen LogP contribution in [0.15, 0.2) is 52.9 Å². The molecule has 0 N–H and O–H groups in total. The lowest BCUT2D eigenvalue weighted by molar-refractivity contribution is 0.466. The van der Waals surface area contributed by atoms with Crippen LogP contribution in [0.1, 0.15) is 11.3 Å². The second-order valence-electron chi connectivity index (χ2n) is 4.25. The molecule has 0 amide bonds. The fourth-order valence-corrected chi connectivity index (χ4v) is 2.17. The molecule has 0 atom stereocenters. The molecular formula is C16H10ClNO2. The van der Waals surface area contributed by atoms with Crippen LogP contribution in [-0.4, -0.2) is 0 Å². The predicted octanol–water partition coefficient (Wildman–Crippen LogP) is 4.84. The second-order valence-corrected chi connectivity index (χ2v) is 4.52. The van der Waals surface area contributed by atoms with Gasteiger partial charge in [0.15, 0.2) is 5.75 Å². The lowest BCUT2D eigenvalue weighted by Crippen LogP contribution is -1.87. The van der Waals surface area contributed by atoms with Crippen LogP contribution in [0, 0.1) is 11.3 Å². The smallest absolute Gasteiger partial charge is 0.247 e. The Morgan fingerprint density at radius 3 is 2.80 bits per heavy atom. The molecule has 1 aromatic heterocycles. The summed E-state index contributed by atoms with van der Waals surface area (Å²) >= 11 is 5.81. The minimum atomic E-state index is 0.169. The van der Waals surface area contributed by atoms with Crippen molar-refractivity contribution in [3.63, 3.8) is 0 Å². The number of nitriles is 1. The number of nitrogens with zero attached hydrogens (tertiary/aromatic N) is 1. The Morgan fingerprint density at radius 1 is 1.15 bits per heavy atom. The SMILES string of the molecule is N#Cc1oc2ccccc2c1Oc1cccc(CCl)c1. The predicted molar refractivity (Wildman–Crippen MR) is 77.0 cm³/mol. The highest BCUT2D eigenvalue weighted by molar-refractivity contribution is 6.17. The first-order valence-corrected chi connectivity index (χ1v) is 6.59. The minimum Gasteiger partial charge on any atom is -0.452 e. The average molecular weight is 284 g/mol. The van der Waals surface area contributed by atoms with Crippen LogP contribution in [0.5, 0.6) is 11.5 Å². The van der Waals surface area contributed by atoms with Crippen LogP contribution in [-0.2, 0) is 5.88 Å². The standard InChI is InChI=1S/C16H10ClNO2/c17-9-11-4-3-5-12(8-11)19-16-13-6-1-2-7-14(13)20-15(16)10-18/h1-8H,9H2. The summed E-state index contributed by atoms with van der Waals surface area (Å²) in [5.41, 5.74) is 1.59. The fourth-order valence-electron chi connectivity index (χ4n) is 2.01. The van der Waals surface area contributed by atoms with Crippen molar-refractivity contribution in [2.45, 2.75) is 5.88 Å². The van der Waals surface area contributed by atoms with Gasteiger partial charge in [0.05, 0.1) is 5.39 Å². The third-order valence-electron chi connectivity index (χ3n) is 2.92. The number of halogens is 1. The van der Waals surface area contributed by atoms with E-state index in [0.717, 1.165) is 10.9 Å². The third kappa shape index (κ3) is 2.22. The third-order valence-corrected chi connectivity index (χ3v) is 3.23. The van der Waals surface area contributed by atoms with Crippen LogP contribution in [0.3, 0.4) is 0 Å². The van der Waals surface area contributed by atoms with Gasteiger partial charge in [0.25, 0.3) is 0 Å². The molecule has 0 aliphatic carbocycles. The van der Waals surface area contributed by atoms with E-state index in [9.17, 15) is 0 Å². The van der Waals surface area contributed by atoms with Gasteiger partial charge in [-0.05, 0) is 29.8 Å². The number of benzene rings is 2. The number of hydrogen-bond donors (Lipinski definition) is 0. The Hall–Kier alpha value is -2.44. The van der Waals surface area contributed by atoms with E-state index in [1.807, 2.05) is 48.5 Å². The van der Waals surface area contributed by atoms with Gasteiger partial charge in [0, 0.05) is 5.88 Å². The largest absolute Gasteiger partial charge is 0.452 e. The van der Waals surface area contributed by atoms with Crippen molar-refractivity contribution in [2.75, 3.05) is 0 Å². The molecule has 0 saturated heterocycles. The molecule has 4 heteroatoms.